The monoisotopic (exact) mass is 217 g/mol. The zero-order valence-corrected chi connectivity index (χ0v) is 9.30. The lowest BCUT2D eigenvalue weighted by atomic mass is 10.1. The SMILES string of the molecule is CN1CCNCC1c1cnc2cnccn12. The summed E-state index contributed by atoms with van der Waals surface area (Å²) in [5.74, 6) is 0. The zero-order valence-electron chi connectivity index (χ0n) is 9.30. The van der Waals surface area contributed by atoms with E-state index in [9.17, 15) is 0 Å². The topological polar surface area (TPSA) is 45.5 Å². The third kappa shape index (κ3) is 1.48. The van der Waals surface area contributed by atoms with E-state index in [1.807, 2.05) is 12.4 Å². The van der Waals surface area contributed by atoms with Gasteiger partial charge in [0, 0.05) is 32.0 Å². The molecular weight excluding hydrogens is 202 g/mol. The highest BCUT2D eigenvalue weighted by Gasteiger charge is 2.23. The van der Waals surface area contributed by atoms with Crippen LogP contribution < -0.4 is 5.32 Å². The van der Waals surface area contributed by atoms with Crippen LogP contribution in [0.4, 0.5) is 0 Å². The average molecular weight is 217 g/mol. The van der Waals surface area contributed by atoms with Gasteiger partial charge in [-0.2, -0.15) is 0 Å². The fraction of sp³-hybridized carbons (Fsp3) is 0.455. The van der Waals surface area contributed by atoms with Crippen LogP contribution in [0.3, 0.4) is 0 Å². The summed E-state index contributed by atoms with van der Waals surface area (Å²) in [5, 5.41) is 3.42. The average Bonchev–Trinajstić information content (AvgIpc) is 2.74. The Morgan fingerprint density at radius 2 is 2.38 bits per heavy atom. The molecule has 0 amide bonds. The molecule has 3 rings (SSSR count). The predicted molar refractivity (Wildman–Crippen MR) is 61.2 cm³/mol. The second-order valence-corrected chi connectivity index (χ2v) is 4.19. The number of hydrogen-bond acceptors (Lipinski definition) is 4. The smallest absolute Gasteiger partial charge is 0.155 e. The Bertz CT molecular complexity index is 492. The van der Waals surface area contributed by atoms with Gasteiger partial charge in [-0.25, -0.2) is 4.98 Å². The highest BCUT2D eigenvalue weighted by molar-refractivity contribution is 5.37. The van der Waals surface area contributed by atoms with E-state index in [2.05, 4.69) is 31.6 Å². The van der Waals surface area contributed by atoms with E-state index in [0.29, 0.717) is 6.04 Å². The van der Waals surface area contributed by atoms with Crippen LogP contribution in [0.15, 0.2) is 24.8 Å². The van der Waals surface area contributed by atoms with Crippen molar-refractivity contribution >= 4 is 5.65 Å². The predicted octanol–water partition coefficient (Wildman–Crippen LogP) is 0.305. The quantitative estimate of drug-likeness (QED) is 0.746. The molecule has 0 saturated carbocycles. The van der Waals surface area contributed by atoms with E-state index in [1.54, 1.807) is 12.4 Å². The van der Waals surface area contributed by atoms with E-state index >= 15 is 0 Å². The molecule has 2 aromatic rings. The third-order valence-electron chi connectivity index (χ3n) is 3.20. The number of likely N-dealkylation sites (N-methyl/N-ethyl adjacent to an activating group) is 1. The largest absolute Gasteiger partial charge is 0.313 e. The van der Waals surface area contributed by atoms with Crippen LogP contribution in [0.2, 0.25) is 0 Å². The highest BCUT2D eigenvalue weighted by Crippen LogP contribution is 2.20. The Morgan fingerprint density at radius 1 is 1.44 bits per heavy atom. The number of imidazole rings is 1. The normalized spacial score (nSPS) is 22.7. The van der Waals surface area contributed by atoms with E-state index in [0.717, 1.165) is 25.3 Å². The van der Waals surface area contributed by atoms with Crippen LogP contribution in [0.25, 0.3) is 5.65 Å². The summed E-state index contributed by atoms with van der Waals surface area (Å²) in [4.78, 5) is 10.8. The molecule has 0 radical (unpaired) electrons. The van der Waals surface area contributed by atoms with Crippen molar-refractivity contribution in [1.29, 1.82) is 0 Å². The Labute approximate surface area is 94.1 Å². The molecule has 1 aliphatic rings. The second kappa shape index (κ2) is 3.84. The van der Waals surface area contributed by atoms with Gasteiger partial charge in [-0.3, -0.25) is 14.3 Å². The summed E-state index contributed by atoms with van der Waals surface area (Å²) in [7, 11) is 2.16. The minimum atomic E-state index is 0.395. The summed E-state index contributed by atoms with van der Waals surface area (Å²) >= 11 is 0. The molecule has 5 nitrogen and oxygen atoms in total. The lowest BCUT2D eigenvalue weighted by Gasteiger charge is -2.32. The van der Waals surface area contributed by atoms with Gasteiger partial charge in [-0.1, -0.05) is 0 Å². The Balaban J connectivity index is 2.04. The van der Waals surface area contributed by atoms with E-state index in [4.69, 9.17) is 0 Å². The van der Waals surface area contributed by atoms with Crippen LogP contribution in [-0.2, 0) is 0 Å². The van der Waals surface area contributed by atoms with Crippen molar-refractivity contribution < 1.29 is 0 Å². The van der Waals surface area contributed by atoms with Crippen LogP contribution in [0.5, 0.6) is 0 Å². The van der Waals surface area contributed by atoms with Gasteiger partial charge in [0.05, 0.1) is 24.1 Å². The molecule has 1 saturated heterocycles. The number of fused-ring (bicyclic) bond motifs is 1. The molecule has 1 fully saturated rings. The van der Waals surface area contributed by atoms with Crippen molar-refractivity contribution in [3.8, 4) is 0 Å². The fourth-order valence-electron chi connectivity index (χ4n) is 2.24. The van der Waals surface area contributed by atoms with Crippen molar-refractivity contribution in [2.24, 2.45) is 0 Å². The van der Waals surface area contributed by atoms with Crippen LogP contribution in [0.1, 0.15) is 11.7 Å². The first kappa shape index (κ1) is 9.74. The summed E-state index contributed by atoms with van der Waals surface area (Å²) in [6, 6.07) is 0.395. The summed E-state index contributed by atoms with van der Waals surface area (Å²) in [5.41, 5.74) is 2.14. The standard InChI is InChI=1S/C11H15N5/c1-15-4-2-12-6-9(15)10-7-14-11-8-13-3-5-16(10)11/h3,5,7-9,12H,2,4,6H2,1H3. The molecular formula is C11H15N5. The van der Waals surface area contributed by atoms with Gasteiger partial charge in [0.15, 0.2) is 5.65 Å². The number of aromatic nitrogens is 3. The molecule has 0 bridgehead atoms. The van der Waals surface area contributed by atoms with Gasteiger partial charge < -0.3 is 5.32 Å². The van der Waals surface area contributed by atoms with Gasteiger partial charge in [0.1, 0.15) is 0 Å². The van der Waals surface area contributed by atoms with Crippen LogP contribution in [0, 0.1) is 0 Å². The Hall–Kier alpha value is -1.46. The molecule has 1 N–H and O–H groups in total. The molecule has 0 spiro atoms. The minimum absolute atomic E-state index is 0.395. The maximum absolute atomic E-state index is 4.37. The van der Waals surface area contributed by atoms with Crippen LogP contribution >= 0.6 is 0 Å². The summed E-state index contributed by atoms with van der Waals surface area (Å²) in [6.07, 6.45) is 7.51. The first-order chi connectivity index (χ1) is 7.86. The molecule has 1 atom stereocenters. The van der Waals surface area contributed by atoms with Crippen molar-refractivity contribution in [2.75, 3.05) is 26.7 Å². The lowest BCUT2D eigenvalue weighted by molar-refractivity contribution is 0.197. The molecule has 0 aliphatic carbocycles. The number of hydrogen-bond donors (Lipinski definition) is 1. The molecule has 1 aliphatic heterocycles. The lowest BCUT2D eigenvalue weighted by Crippen LogP contribution is -2.44. The number of piperazine rings is 1. The van der Waals surface area contributed by atoms with Gasteiger partial charge in [-0.05, 0) is 7.05 Å². The maximum Gasteiger partial charge on any atom is 0.155 e. The summed E-state index contributed by atoms with van der Waals surface area (Å²) < 4.78 is 2.11. The van der Waals surface area contributed by atoms with Crippen molar-refractivity contribution in [3.63, 3.8) is 0 Å². The number of rotatable bonds is 1. The molecule has 3 heterocycles. The van der Waals surface area contributed by atoms with Crippen LogP contribution in [-0.4, -0.2) is 46.0 Å². The maximum atomic E-state index is 4.37. The highest BCUT2D eigenvalue weighted by atomic mass is 15.2. The van der Waals surface area contributed by atoms with Crippen molar-refractivity contribution in [1.82, 2.24) is 24.6 Å². The Kier molecular flexibility index (Phi) is 2.34. The van der Waals surface area contributed by atoms with Gasteiger partial charge in [0.2, 0.25) is 0 Å². The molecule has 2 aromatic heterocycles. The first-order valence-corrected chi connectivity index (χ1v) is 5.54. The third-order valence-corrected chi connectivity index (χ3v) is 3.20. The molecule has 0 aromatic carbocycles. The van der Waals surface area contributed by atoms with E-state index in [-0.39, 0.29) is 0 Å². The Morgan fingerprint density at radius 3 is 3.25 bits per heavy atom. The fourth-order valence-corrected chi connectivity index (χ4v) is 2.24. The van der Waals surface area contributed by atoms with Gasteiger partial charge in [0.25, 0.3) is 0 Å². The minimum Gasteiger partial charge on any atom is -0.313 e. The van der Waals surface area contributed by atoms with Gasteiger partial charge >= 0.3 is 0 Å². The molecule has 5 heteroatoms. The van der Waals surface area contributed by atoms with E-state index in [1.165, 1.54) is 5.69 Å². The first-order valence-electron chi connectivity index (χ1n) is 5.54. The summed E-state index contributed by atoms with van der Waals surface area (Å²) in [6.45, 7) is 3.11. The second-order valence-electron chi connectivity index (χ2n) is 4.19. The van der Waals surface area contributed by atoms with E-state index < -0.39 is 0 Å². The molecule has 1 unspecified atom stereocenters. The van der Waals surface area contributed by atoms with Crippen molar-refractivity contribution in [3.05, 3.63) is 30.5 Å². The van der Waals surface area contributed by atoms with Crippen molar-refractivity contribution in [2.45, 2.75) is 6.04 Å². The molecule has 84 valence electrons. The number of nitrogens with one attached hydrogen (secondary N) is 1. The molecule has 16 heavy (non-hydrogen) atoms. The number of nitrogens with zero attached hydrogens (tertiary/aromatic N) is 4. The zero-order chi connectivity index (χ0) is 11.0. The van der Waals surface area contributed by atoms with Gasteiger partial charge in [-0.15, -0.1) is 0 Å².